The lowest BCUT2D eigenvalue weighted by molar-refractivity contribution is 0.00524. The molecule has 1 aromatic carbocycles. The van der Waals surface area contributed by atoms with Gasteiger partial charge in [0.2, 0.25) is 0 Å². The minimum Gasteiger partial charge on any atom is -0.375 e. The van der Waals surface area contributed by atoms with Gasteiger partial charge in [0.25, 0.3) is 0 Å². The van der Waals surface area contributed by atoms with Crippen LogP contribution < -0.4 is 5.73 Å². The van der Waals surface area contributed by atoms with Crippen molar-refractivity contribution in [3.63, 3.8) is 0 Å². The standard InChI is InChI=1S/C16H25N3O3S/c1-12-4-6-15(7-5-12)23(20,21)11-13(2)18-16(17)19-8-9-22-14(3)10-19/h4-7,13-14H,8-11H2,1-3H3,(H2,17,18). The first-order chi connectivity index (χ1) is 10.8. The third kappa shape index (κ3) is 4.94. The van der Waals surface area contributed by atoms with E-state index < -0.39 is 15.9 Å². The zero-order chi connectivity index (χ0) is 17.0. The van der Waals surface area contributed by atoms with E-state index >= 15 is 0 Å². The first kappa shape index (κ1) is 17.7. The van der Waals surface area contributed by atoms with Gasteiger partial charge in [-0.15, -0.1) is 0 Å². The molecule has 0 bridgehead atoms. The number of morpholine rings is 1. The van der Waals surface area contributed by atoms with Crippen LogP contribution in [-0.2, 0) is 14.6 Å². The van der Waals surface area contributed by atoms with E-state index in [1.807, 2.05) is 18.7 Å². The Labute approximate surface area is 138 Å². The predicted molar refractivity (Wildman–Crippen MR) is 91.3 cm³/mol. The number of aliphatic imine (C=N–C) groups is 1. The van der Waals surface area contributed by atoms with Crippen LogP contribution in [-0.4, -0.2) is 56.9 Å². The Bertz CT molecular complexity index is 656. The summed E-state index contributed by atoms with van der Waals surface area (Å²) in [5.41, 5.74) is 7.04. The highest BCUT2D eigenvalue weighted by Gasteiger charge is 2.21. The molecule has 1 aromatic rings. The van der Waals surface area contributed by atoms with Crippen LogP contribution in [0, 0.1) is 6.92 Å². The second-order valence-electron chi connectivity index (χ2n) is 6.06. The van der Waals surface area contributed by atoms with Gasteiger partial charge in [-0.05, 0) is 32.9 Å². The number of nitrogens with two attached hydrogens (primary N) is 1. The summed E-state index contributed by atoms with van der Waals surface area (Å²) in [6.45, 7) is 7.62. The molecule has 2 atom stereocenters. The van der Waals surface area contributed by atoms with Crippen LogP contribution in [0.25, 0.3) is 0 Å². The van der Waals surface area contributed by atoms with E-state index in [1.54, 1.807) is 31.2 Å². The number of sulfone groups is 1. The van der Waals surface area contributed by atoms with Gasteiger partial charge < -0.3 is 15.4 Å². The van der Waals surface area contributed by atoms with Gasteiger partial charge in [0.15, 0.2) is 15.8 Å². The topological polar surface area (TPSA) is 85.0 Å². The van der Waals surface area contributed by atoms with Crippen molar-refractivity contribution in [1.29, 1.82) is 0 Å². The fourth-order valence-corrected chi connectivity index (χ4v) is 3.98. The lowest BCUT2D eigenvalue weighted by Gasteiger charge is -2.32. The van der Waals surface area contributed by atoms with E-state index in [0.29, 0.717) is 30.6 Å². The lowest BCUT2D eigenvalue weighted by Crippen LogP contribution is -2.48. The van der Waals surface area contributed by atoms with Crippen molar-refractivity contribution in [1.82, 2.24) is 4.90 Å². The van der Waals surface area contributed by atoms with Crippen LogP contribution in [0.5, 0.6) is 0 Å². The van der Waals surface area contributed by atoms with Crippen molar-refractivity contribution in [2.24, 2.45) is 10.7 Å². The highest BCUT2D eigenvalue weighted by atomic mass is 32.2. The summed E-state index contributed by atoms with van der Waals surface area (Å²) in [7, 11) is -3.37. The zero-order valence-electron chi connectivity index (χ0n) is 13.9. The Morgan fingerprint density at radius 1 is 1.43 bits per heavy atom. The van der Waals surface area contributed by atoms with Gasteiger partial charge in [0.1, 0.15) is 0 Å². The average molecular weight is 339 g/mol. The normalized spacial score (nSPS) is 21.3. The molecule has 0 radical (unpaired) electrons. The minimum atomic E-state index is -3.37. The van der Waals surface area contributed by atoms with Crippen LogP contribution in [0.3, 0.4) is 0 Å². The molecule has 0 aliphatic carbocycles. The molecule has 128 valence electrons. The molecule has 7 heteroatoms. The average Bonchev–Trinajstić information content (AvgIpc) is 2.47. The van der Waals surface area contributed by atoms with Gasteiger partial charge in [-0.1, -0.05) is 17.7 Å². The summed E-state index contributed by atoms with van der Waals surface area (Å²) in [5.74, 6) is 0.322. The summed E-state index contributed by atoms with van der Waals surface area (Å²) in [4.78, 5) is 6.61. The molecular weight excluding hydrogens is 314 g/mol. The molecule has 2 N–H and O–H groups in total. The Balaban J connectivity index is 2.04. The Morgan fingerprint density at radius 3 is 2.70 bits per heavy atom. The van der Waals surface area contributed by atoms with Crippen molar-refractivity contribution in [2.75, 3.05) is 25.4 Å². The number of nitrogens with zero attached hydrogens (tertiary/aromatic N) is 2. The molecule has 1 saturated heterocycles. The van der Waals surface area contributed by atoms with Crippen molar-refractivity contribution < 1.29 is 13.2 Å². The largest absolute Gasteiger partial charge is 0.375 e. The molecule has 1 aliphatic rings. The molecular formula is C16H25N3O3S. The smallest absolute Gasteiger partial charge is 0.191 e. The van der Waals surface area contributed by atoms with Crippen LogP contribution in [0.1, 0.15) is 19.4 Å². The number of rotatable bonds is 4. The van der Waals surface area contributed by atoms with Crippen molar-refractivity contribution in [3.05, 3.63) is 29.8 Å². The SMILES string of the molecule is Cc1ccc(S(=O)(=O)CC(C)N=C(N)N2CCOC(C)C2)cc1. The number of benzene rings is 1. The maximum atomic E-state index is 12.4. The van der Waals surface area contributed by atoms with E-state index in [2.05, 4.69) is 4.99 Å². The zero-order valence-corrected chi connectivity index (χ0v) is 14.7. The van der Waals surface area contributed by atoms with E-state index in [4.69, 9.17) is 10.5 Å². The first-order valence-electron chi connectivity index (χ1n) is 7.77. The lowest BCUT2D eigenvalue weighted by atomic mass is 10.2. The molecule has 1 aliphatic heterocycles. The fourth-order valence-electron chi connectivity index (χ4n) is 2.53. The van der Waals surface area contributed by atoms with Gasteiger partial charge in [0.05, 0.1) is 29.4 Å². The summed E-state index contributed by atoms with van der Waals surface area (Å²) in [5, 5.41) is 0. The summed E-state index contributed by atoms with van der Waals surface area (Å²) >= 11 is 0. The quantitative estimate of drug-likeness (QED) is 0.658. The van der Waals surface area contributed by atoms with Crippen LogP contribution >= 0.6 is 0 Å². The van der Waals surface area contributed by atoms with Crippen molar-refractivity contribution in [2.45, 2.75) is 37.8 Å². The van der Waals surface area contributed by atoms with Gasteiger partial charge in [-0.25, -0.2) is 13.4 Å². The van der Waals surface area contributed by atoms with E-state index in [-0.39, 0.29) is 11.9 Å². The molecule has 6 nitrogen and oxygen atoms in total. The first-order valence-corrected chi connectivity index (χ1v) is 9.42. The minimum absolute atomic E-state index is 0.0589. The monoisotopic (exact) mass is 339 g/mol. The van der Waals surface area contributed by atoms with Gasteiger partial charge in [0, 0.05) is 13.1 Å². The highest BCUT2D eigenvalue weighted by molar-refractivity contribution is 7.91. The molecule has 1 heterocycles. The number of ether oxygens (including phenoxy) is 1. The van der Waals surface area contributed by atoms with Gasteiger partial charge in [-0.3, -0.25) is 0 Å². The van der Waals surface area contributed by atoms with E-state index in [1.165, 1.54) is 0 Å². The fraction of sp³-hybridized carbons (Fsp3) is 0.562. The van der Waals surface area contributed by atoms with Crippen LogP contribution in [0.2, 0.25) is 0 Å². The number of guanidine groups is 1. The maximum absolute atomic E-state index is 12.4. The Kier molecular flexibility index (Phi) is 5.64. The van der Waals surface area contributed by atoms with Gasteiger partial charge in [-0.2, -0.15) is 0 Å². The molecule has 23 heavy (non-hydrogen) atoms. The molecule has 0 saturated carbocycles. The third-order valence-corrected chi connectivity index (χ3v) is 5.67. The molecule has 0 aromatic heterocycles. The second kappa shape index (κ2) is 7.31. The van der Waals surface area contributed by atoms with Gasteiger partial charge >= 0.3 is 0 Å². The Morgan fingerprint density at radius 2 is 2.09 bits per heavy atom. The number of aryl methyl sites for hydroxylation is 1. The maximum Gasteiger partial charge on any atom is 0.191 e. The molecule has 2 rings (SSSR count). The molecule has 0 spiro atoms. The van der Waals surface area contributed by atoms with E-state index in [9.17, 15) is 8.42 Å². The predicted octanol–water partition coefficient (Wildman–Crippen LogP) is 1.19. The summed E-state index contributed by atoms with van der Waals surface area (Å²) in [6, 6.07) is 6.45. The van der Waals surface area contributed by atoms with Crippen molar-refractivity contribution in [3.8, 4) is 0 Å². The summed E-state index contributed by atoms with van der Waals surface area (Å²) < 4.78 is 30.3. The van der Waals surface area contributed by atoms with E-state index in [0.717, 1.165) is 5.56 Å². The number of hydrogen-bond donors (Lipinski definition) is 1. The molecule has 0 amide bonds. The molecule has 1 fully saturated rings. The third-order valence-electron chi connectivity index (χ3n) is 3.76. The van der Waals surface area contributed by atoms with Crippen LogP contribution in [0.4, 0.5) is 0 Å². The molecule has 2 unspecified atom stereocenters. The highest BCUT2D eigenvalue weighted by Crippen LogP contribution is 2.14. The summed E-state index contributed by atoms with van der Waals surface area (Å²) in [6.07, 6.45) is 0.101. The Hall–Kier alpha value is -1.60. The second-order valence-corrected chi connectivity index (χ2v) is 8.09. The van der Waals surface area contributed by atoms with Crippen LogP contribution in [0.15, 0.2) is 34.2 Å². The van der Waals surface area contributed by atoms with Crippen molar-refractivity contribution >= 4 is 15.8 Å². The number of hydrogen-bond acceptors (Lipinski definition) is 4.